The Labute approximate surface area is 188 Å². The first-order chi connectivity index (χ1) is 15.7. The van der Waals surface area contributed by atoms with Gasteiger partial charge in [-0.15, -0.1) is 5.10 Å². The predicted octanol–water partition coefficient (Wildman–Crippen LogP) is 3.99. The maximum absolute atomic E-state index is 13.3. The van der Waals surface area contributed by atoms with E-state index in [-0.39, 0.29) is 11.6 Å². The third kappa shape index (κ3) is 4.16. The molecule has 1 saturated heterocycles. The first-order valence-corrected chi connectivity index (χ1v) is 12.0. The van der Waals surface area contributed by atoms with E-state index in [1.165, 1.54) is 32.1 Å². The van der Waals surface area contributed by atoms with Crippen LogP contribution in [0.5, 0.6) is 5.75 Å². The summed E-state index contributed by atoms with van der Waals surface area (Å²) < 4.78 is 7.44. The fraction of sp³-hybridized carbons (Fsp3) is 0.583. The maximum Gasteiger partial charge on any atom is 0.253 e. The molecule has 2 fully saturated rings. The monoisotopic (exact) mass is 436 g/mol. The number of likely N-dealkylation sites (tertiary alicyclic amines) is 1. The Bertz CT molecular complexity index is 1110. The van der Waals surface area contributed by atoms with E-state index in [2.05, 4.69) is 25.4 Å². The number of benzene rings is 1. The van der Waals surface area contributed by atoms with Crippen LogP contribution in [0.4, 0.5) is 0 Å². The van der Waals surface area contributed by atoms with Crippen LogP contribution in [0.1, 0.15) is 81.3 Å². The third-order valence-corrected chi connectivity index (χ3v) is 7.06. The molecule has 1 unspecified atom stereocenters. The fourth-order valence-electron chi connectivity index (χ4n) is 5.35. The number of hydrogen-bond donors (Lipinski definition) is 1. The van der Waals surface area contributed by atoms with Gasteiger partial charge in [0, 0.05) is 16.5 Å². The van der Waals surface area contributed by atoms with Crippen molar-refractivity contribution >= 4 is 10.9 Å². The second-order valence-corrected chi connectivity index (χ2v) is 9.13. The Morgan fingerprint density at radius 2 is 1.78 bits per heavy atom. The molecule has 0 bridgehead atoms. The number of pyridine rings is 1. The molecule has 5 rings (SSSR count). The molecule has 1 saturated carbocycles. The van der Waals surface area contributed by atoms with Gasteiger partial charge in [-0.3, -0.25) is 9.69 Å². The number of tetrazole rings is 1. The van der Waals surface area contributed by atoms with Crippen LogP contribution >= 0.6 is 0 Å². The minimum absolute atomic E-state index is 0.0740. The van der Waals surface area contributed by atoms with Crippen LogP contribution in [0.25, 0.3) is 10.9 Å². The minimum atomic E-state index is -0.260. The Hall–Kier alpha value is -2.74. The zero-order chi connectivity index (χ0) is 21.9. The summed E-state index contributed by atoms with van der Waals surface area (Å²) in [4.78, 5) is 18.9. The number of hydrogen-bond acceptors (Lipinski definition) is 6. The SMILES string of the molecule is COc1ccc2[nH]c(=O)c(C(c3nnnn3C3CCCCC3)N3CCCCCC3)cc2c1. The van der Waals surface area contributed by atoms with E-state index in [4.69, 9.17) is 4.74 Å². The lowest BCUT2D eigenvalue weighted by molar-refractivity contribution is 0.210. The molecular formula is C24H32N6O2. The Morgan fingerprint density at radius 1 is 1.03 bits per heavy atom. The number of ether oxygens (including phenoxy) is 1. The molecule has 2 aliphatic rings. The molecule has 1 aliphatic carbocycles. The van der Waals surface area contributed by atoms with E-state index in [1.54, 1.807) is 7.11 Å². The first kappa shape index (κ1) is 21.1. The molecule has 1 aliphatic heterocycles. The zero-order valence-corrected chi connectivity index (χ0v) is 18.8. The van der Waals surface area contributed by atoms with Crippen molar-refractivity contribution in [2.45, 2.75) is 69.9 Å². The highest BCUT2D eigenvalue weighted by atomic mass is 16.5. The highest BCUT2D eigenvalue weighted by Gasteiger charge is 2.33. The number of nitrogens with one attached hydrogen (secondary N) is 1. The summed E-state index contributed by atoms with van der Waals surface area (Å²) >= 11 is 0. The second-order valence-electron chi connectivity index (χ2n) is 9.13. The smallest absolute Gasteiger partial charge is 0.253 e. The van der Waals surface area contributed by atoms with Crippen LogP contribution in [0.2, 0.25) is 0 Å². The number of rotatable bonds is 5. The van der Waals surface area contributed by atoms with E-state index < -0.39 is 0 Å². The average molecular weight is 437 g/mol. The number of aromatic nitrogens is 5. The van der Waals surface area contributed by atoms with Gasteiger partial charge in [0.2, 0.25) is 0 Å². The summed E-state index contributed by atoms with van der Waals surface area (Å²) in [6.45, 7) is 1.88. The number of H-pyrrole nitrogens is 1. The lowest BCUT2D eigenvalue weighted by Crippen LogP contribution is -2.36. The van der Waals surface area contributed by atoms with Gasteiger partial charge >= 0.3 is 0 Å². The Balaban J connectivity index is 1.63. The molecule has 1 aromatic carbocycles. The molecule has 2 aromatic heterocycles. The first-order valence-electron chi connectivity index (χ1n) is 12.0. The van der Waals surface area contributed by atoms with Gasteiger partial charge in [0.15, 0.2) is 5.82 Å². The molecule has 32 heavy (non-hydrogen) atoms. The van der Waals surface area contributed by atoms with Crippen molar-refractivity contribution in [1.29, 1.82) is 0 Å². The van der Waals surface area contributed by atoms with E-state index in [1.807, 2.05) is 28.9 Å². The Morgan fingerprint density at radius 3 is 2.53 bits per heavy atom. The third-order valence-electron chi connectivity index (χ3n) is 7.06. The van der Waals surface area contributed by atoms with Crippen LogP contribution in [-0.2, 0) is 0 Å². The summed E-state index contributed by atoms with van der Waals surface area (Å²) in [6.07, 6.45) is 10.6. The van der Waals surface area contributed by atoms with Crippen molar-refractivity contribution in [2.24, 2.45) is 0 Å². The van der Waals surface area contributed by atoms with Crippen molar-refractivity contribution < 1.29 is 4.74 Å². The summed E-state index contributed by atoms with van der Waals surface area (Å²) in [7, 11) is 1.66. The molecule has 3 aromatic rings. The molecule has 1 atom stereocenters. The van der Waals surface area contributed by atoms with Crippen LogP contribution in [-0.4, -0.2) is 50.3 Å². The highest BCUT2D eigenvalue weighted by molar-refractivity contribution is 5.80. The number of methoxy groups -OCH3 is 1. The molecule has 170 valence electrons. The average Bonchev–Trinajstić information content (AvgIpc) is 3.15. The van der Waals surface area contributed by atoms with Crippen LogP contribution in [0.3, 0.4) is 0 Å². The van der Waals surface area contributed by atoms with Crippen LogP contribution in [0, 0.1) is 0 Å². The molecule has 0 spiro atoms. The summed E-state index contributed by atoms with van der Waals surface area (Å²) in [5.41, 5.74) is 1.44. The van der Waals surface area contributed by atoms with Gasteiger partial charge in [0.25, 0.3) is 5.56 Å². The Kier molecular flexibility index (Phi) is 6.21. The molecule has 8 heteroatoms. The largest absolute Gasteiger partial charge is 0.497 e. The standard InChI is InChI=1S/C24H32N6O2/c1-32-19-11-12-21-17(15-19)16-20(24(31)25-21)22(29-13-7-2-3-8-14-29)23-26-27-28-30(23)18-9-5-4-6-10-18/h11-12,15-16,18,22H,2-10,13-14H2,1H3,(H,25,31). The maximum atomic E-state index is 13.3. The fourth-order valence-corrected chi connectivity index (χ4v) is 5.35. The van der Waals surface area contributed by atoms with Gasteiger partial charge in [0.1, 0.15) is 11.8 Å². The van der Waals surface area contributed by atoms with Crippen molar-refractivity contribution in [2.75, 3.05) is 20.2 Å². The van der Waals surface area contributed by atoms with E-state index in [0.717, 1.165) is 61.2 Å². The zero-order valence-electron chi connectivity index (χ0n) is 18.8. The predicted molar refractivity (Wildman–Crippen MR) is 123 cm³/mol. The van der Waals surface area contributed by atoms with Crippen LogP contribution in [0.15, 0.2) is 29.1 Å². The van der Waals surface area contributed by atoms with Crippen molar-refractivity contribution in [3.63, 3.8) is 0 Å². The second kappa shape index (κ2) is 9.40. The summed E-state index contributed by atoms with van der Waals surface area (Å²) in [6, 6.07) is 7.79. The quantitative estimate of drug-likeness (QED) is 0.650. The van der Waals surface area contributed by atoms with Crippen molar-refractivity contribution in [3.8, 4) is 5.75 Å². The van der Waals surface area contributed by atoms with Gasteiger partial charge in [0.05, 0.1) is 13.2 Å². The van der Waals surface area contributed by atoms with Gasteiger partial charge < -0.3 is 9.72 Å². The lowest BCUT2D eigenvalue weighted by atomic mass is 9.95. The van der Waals surface area contributed by atoms with Crippen molar-refractivity contribution in [1.82, 2.24) is 30.1 Å². The van der Waals surface area contributed by atoms with Gasteiger partial charge in [-0.25, -0.2) is 4.68 Å². The van der Waals surface area contributed by atoms with Gasteiger partial charge in [-0.2, -0.15) is 0 Å². The molecule has 3 heterocycles. The molecule has 8 nitrogen and oxygen atoms in total. The summed E-state index contributed by atoms with van der Waals surface area (Å²) in [5.74, 6) is 1.57. The molecular weight excluding hydrogens is 404 g/mol. The summed E-state index contributed by atoms with van der Waals surface area (Å²) in [5, 5.41) is 14.0. The lowest BCUT2D eigenvalue weighted by Gasteiger charge is -2.31. The minimum Gasteiger partial charge on any atom is -0.497 e. The molecule has 0 radical (unpaired) electrons. The van der Waals surface area contributed by atoms with Crippen molar-refractivity contribution in [3.05, 3.63) is 46.0 Å². The van der Waals surface area contributed by atoms with Crippen LogP contribution < -0.4 is 10.3 Å². The molecule has 0 amide bonds. The van der Waals surface area contributed by atoms with Gasteiger partial charge in [-0.05, 0) is 73.5 Å². The topological polar surface area (TPSA) is 88.9 Å². The van der Waals surface area contributed by atoms with Gasteiger partial charge in [-0.1, -0.05) is 32.1 Å². The van der Waals surface area contributed by atoms with E-state index >= 15 is 0 Å². The number of nitrogens with zero attached hydrogens (tertiary/aromatic N) is 5. The normalized spacial score (nSPS) is 19.7. The van der Waals surface area contributed by atoms with E-state index in [9.17, 15) is 4.79 Å². The highest BCUT2D eigenvalue weighted by Crippen LogP contribution is 2.34. The molecule has 1 N–H and O–H groups in total. The number of aromatic amines is 1. The number of fused-ring (bicyclic) bond motifs is 1. The van der Waals surface area contributed by atoms with E-state index in [0.29, 0.717) is 11.6 Å².